The zero-order valence-electron chi connectivity index (χ0n) is 7.78. The first-order valence-corrected chi connectivity index (χ1v) is 4.98. The lowest BCUT2D eigenvalue weighted by Gasteiger charge is -2.19. The van der Waals surface area contributed by atoms with Gasteiger partial charge < -0.3 is 10.0 Å². The molecule has 0 fully saturated rings. The van der Waals surface area contributed by atoms with Crippen molar-refractivity contribution in [1.29, 1.82) is 0 Å². The second-order valence-electron chi connectivity index (χ2n) is 3.32. The Labute approximate surface area is 88.4 Å². The van der Waals surface area contributed by atoms with E-state index in [9.17, 15) is 0 Å². The summed E-state index contributed by atoms with van der Waals surface area (Å²) in [7, 11) is 0. The molecule has 74 valence electrons. The molecule has 2 rings (SSSR count). The zero-order chi connectivity index (χ0) is 9.97. The van der Waals surface area contributed by atoms with Gasteiger partial charge in [-0.3, -0.25) is 0 Å². The van der Waals surface area contributed by atoms with Crippen LogP contribution in [0.25, 0.3) is 0 Å². The lowest BCUT2D eigenvalue weighted by atomic mass is 10.2. The molecule has 0 spiro atoms. The average molecular weight is 210 g/mol. The van der Waals surface area contributed by atoms with Crippen LogP contribution in [0.2, 0.25) is 5.02 Å². The maximum absolute atomic E-state index is 8.93. The van der Waals surface area contributed by atoms with Gasteiger partial charge in [-0.25, -0.2) is 0 Å². The average Bonchev–Trinajstić information content (AvgIpc) is 2.70. The molecule has 0 aliphatic carbocycles. The minimum atomic E-state index is 0.0399. The molecule has 0 aromatic heterocycles. The molecule has 1 aromatic carbocycles. The van der Waals surface area contributed by atoms with Crippen molar-refractivity contribution in [3.05, 3.63) is 40.9 Å². The third-order valence-electron chi connectivity index (χ3n) is 2.35. The van der Waals surface area contributed by atoms with Gasteiger partial charge in [0.1, 0.15) is 0 Å². The normalized spacial score (nSPS) is 15.1. The van der Waals surface area contributed by atoms with Crippen LogP contribution in [0.3, 0.4) is 0 Å². The van der Waals surface area contributed by atoms with E-state index >= 15 is 0 Å². The summed E-state index contributed by atoms with van der Waals surface area (Å²) in [5.41, 5.74) is 1.89. The van der Waals surface area contributed by atoms with Crippen LogP contribution in [0.5, 0.6) is 0 Å². The number of aliphatic hydroxyl groups is 1. The van der Waals surface area contributed by atoms with Gasteiger partial charge in [-0.1, -0.05) is 29.8 Å². The summed E-state index contributed by atoms with van der Waals surface area (Å²) in [4.78, 5) is 2.18. The Hall–Kier alpha value is -0.990. The molecule has 1 heterocycles. The SMILES string of the molecule is OCc1ccc(N2CC=CC2)c(Cl)c1. The molecule has 0 saturated heterocycles. The third kappa shape index (κ3) is 1.76. The molecule has 0 unspecified atom stereocenters. The maximum Gasteiger partial charge on any atom is 0.0682 e. The lowest BCUT2D eigenvalue weighted by Crippen LogP contribution is -2.18. The van der Waals surface area contributed by atoms with Gasteiger partial charge in [-0.2, -0.15) is 0 Å². The molecule has 0 saturated carbocycles. The van der Waals surface area contributed by atoms with Crippen LogP contribution in [0, 0.1) is 0 Å². The molecular formula is C11H12ClNO. The zero-order valence-corrected chi connectivity index (χ0v) is 8.54. The van der Waals surface area contributed by atoms with Crippen LogP contribution in [-0.2, 0) is 6.61 Å². The van der Waals surface area contributed by atoms with Gasteiger partial charge in [-0.05, 0) is 17.7 Å². The van der Waals surface area contributed by atoms with Crippen LogP contribution >= 0.6 is 11.6 Å². The smallest absolute Gasteiger partial charge is 0.0682 e. The van der Waals surface area contributed by atoms with Crippen molar-refractivity contribution in [3.8, 4) is 0 Å². The second kappa shape index (κ2) is 4.03. The van der Waals surface area contributed by atoms with E-state index in [1.54, 1.807) is 0 Å². The minimum Gasteiger partial charge on any atom is -0.392 e. The van der Waals surface area contributed by atoms with Gasteiger partial charge in [0.25, 0.3) is 0 Å². The summed E-state index contributed by atoms with van der Waals surface area (Å²) in [5.74, 6) is 0. The van der Waals surface area contributed by atoms with E-state index in [1.165, 1.54) is 0 Å². The van der Waals surface area contributed by atoms with E-state index in [4.69, 9.17) is 16.7 Å². The predicted molar refractivity (Wildman–Crippen MR) is 58.7 cm³/mol. The molecule has 0 bridgehead atoms. The quantitative estimate of drug-likeness (QED) is 0.755. The van der Waals surface area contributed by atoms with Crippen LogP contribution in [0.15, 0.2) is 30.4 Å². The van der Waals surface area contributed by atoms with Crippen LogP contribution in [0.1, 0.15) is 5.56 Å². The van der Waals surface area contributed by atoms with Crippen molar-refractivity contribution in [2.75, 3.05) is 18.0 Å². The fraction of sp³-hybridized carbons (Fsp3) is 0.273. The third-order valence-corrected chi connectivity index (χ3v) is 2.66. The molecule has 0 radical (unpaired) electrons. The first-order valence-electron chi connectivity index (χ1n) is 4.60. The van der Waals surface area contributed by atoms with Crippen LogP contribution in [-0.4, -0.2) is 18.2 Å². The topological polar surface area (TPSA) is 23.5 Å². The largest absolute Gasteiger partial charge is 0.392 e. The van der Waals surface area contributed by atoms with E-state index in [0.29, 0.717) is 5.02 Å². The number of halogens is 1. The van der Waals surface area contributed by atoms with Crippen molar-refractivity contribution in [1.82, 2.24) is 0 Å². The summed E-state index contributed by atoms with van der Waals surface area (Å²) in [6.07, 6.45) is 4.24. The van der Waals surface area contributed by atoms with Gasteiger partial charge in [0.15, 0.2) is 0 Å². The van der Waals surface area contributed by atoms with Gasteiger partial charge in [-0.15, -0.1) is 0 Å². The molecular weight excluding hydrogens is 198 g/mol. The van der Waals surface area contributed by atoms with Crippen LogP contribution in [0.4, 0.5) is 5.69 Å². The lowest BCUT2D eigenvalue weighted by molar-refractivity contribution is 0.282. The molecule has 0 atom stereocenters. The first kappa shape index (κ1) is 9.56. The molecule has 1 N–H and O–H groups in total. The molecule has 1 aliphatic heterocycles. The van der Waals surface area contributed by atoms with Crippen LogP contribution < -0.4 is 4.90 Å². The molecule has 1 aromatic rings. The summed E-state index contributed by atoms with van der Waals surface area (Å²) in [5, 5.41) is 9.64. The summed E-state index contributed by atoms with van der Waals surface area (Å²) in [6.45, 7) is 1.87. The van der Waals surface area contributed by atoms with E-state index < -0.39 is 0 Å². The highest BCUT2D eigenvalue weighted by molar-refractivity contribution is 6.33. The number of benzene rings is 1. The number of aliphatic hydroxyl groups excluding tert-OH is 1. The number of anilines is 1. The maximum atomic E-state index is 8.93. The predicted octanol–water partition coefficient (Wildman–Crippen LogP) is 2.21. The number of rotatable bonds is 2. The minimum absolute atomic E-state index is 0.0399. The highest BCUT2D eigenvalue weighted by Crippen LogP contribution is 2.28. The Balaban J connectivity index is 2.26. The second-order valence-corrected chi connectivity index (χ2v) is 3.73. The standard InChI is InChI=1S/C11H12ClNO/c12-10-7-9(8-14)3-4-11(10)13-5-1-2-6-13/h1-4,7,14H,5-6,8H2. The molecule has 14 heavy (non-hydrogen) atoms. The Kier molecular flexibility index (Phi) is 2.75. The van der Waals surface area contributed by atoms with E-state index in [0.717, 1.165) is 24.3 Å². The molecule has 0 amide bonds. The summed E-state index contributed by atoms with van der Waals surface area (Å²) < 4.78 is 0. The van der Waals surface area contributed by atoms with Gasteiger partial charge in [0.05, 0.1) is 17.3 Å². The Morgan fingerprint density at radius 1 is 1.29 bits per heavy atom. The highest BCUT2D eigenvalue weighted by Gasteiger charge is 2.11. The summed E-state index contributed by atoms with van der Waals surface area (Å²) >= 11 is 6.11. The Morgan fingerprint density at radius 2 is 2.00 bits per heavy atom. The van der Waals surface area contributed by atoms with E-state index in [1.807, 2.05) is 18.2 Å². The van der Waals surface area contributed by atoms with Gasteiger partial charge >= 0.3 is 0 Å². The number of nitrogens with zero attached hydrogens (tertiary/aromatic N) is 1. The van der Waals surface area contributed by atoms with Gasteiger partial charge in [0, 0.05) is 13.1 Å². The van der Waals surface area contributed by atoms with Crippen molar-refractivity contribution in [2.24, 2.45) is 0 Å². The van der Waals surface area contributed by atoms with E-state index in [2.05, 4.69) is 17.1 Å². The molecule has 1 aliphatic rings. The Bertz CT molecular complexity index is 354. The fourth-order valence-electron chi connectivity index (χ4n) is 1.58. The monoisotopic (exact) mass is 209 g/mol. The van der Waals surface area contributed by atoms with Crippen molar-refractivity contribution < 1.29 is 5.11 Å². The van der Waals surface area contributed by atoms with Crippen molar-refractivity contribution in [2.45, 2.75) is 6.61 Å². The molecule has 3 heteroatoms. The number of hydrogen-bond donors (Lipinski definition) is 1. The van der Waals surface area contributed by atoms with Crippen molar-refractivity contribution in [3.63, 3.8) is 0 Å². The van der Waals surface area contributed by atoms with Gasteiger partial charge in [0.2, 0.25) is 0 Å². The summed E-state index contributed by atoms with van der Waals surface area (Å²) in [6, 6.07) is 5.68. The van der Waals surface area contributed by atoms with E-state index in [-0.39, 0.29) is 6.61 Å². The first-order chi connectivity index (χ1) is 6.81. The fourth-order valence-corrected chi connectivity index (χ4v) is 1.90. The Morgan fingerprint density at radius 3 is 2.57 bits per heavy atom. The highest BCUT2D eigenvalue weighted by atomic mass is 35.5. The van der Waals surface area contributed by atoms with Crippen molar-refractivity contribution >= 4 is 17.3 Å². The number of hydrogen-bond acceptors (Lipinski definition) is 2. The molecule has 2 nitrogen and oxygen atoms in total.